The number of carbonyl (C=O) groups is 1. The first-order chi connectivity index (χ1) is 8.36. The summed E-state index contributed by atoms with van der Waals surface area (Å²) < 4.78 is 5.65. The highest BCUT2D eigenvalue weighted by atomic mass is 16.5. The molecule has 3 aliphatic rings. The van der Waals surface area contributed by atoms with Gasteiger partial charge in [-0.05, 0) is 45.1 Å². The highest BCUT2D eigenvalue weighted by Gasteiger charge is 2.40. The molecule has 3 unspecified atom stereocenters. The number of carbonyl (C=O) groups excluding carboxylic acids is 1. The number of nitrogens with one attached hydrogen (secondary N) is 1. The minimum absolute atomic E-state index is 0.148. The minimum Gasteiger partial charge on any atom is -0.368 e. The highest BCUT2D eigenvalue weighted by molar-refractivity contribution is 5.82. The molecule has 0 radical (unpaired) electrons. The van der Waals surface area contributed by atoms with Crippen molar-refractivity contribution < 1.29 is 9.53 Å². The van der Waals surface area contributed by atoms with E-state index in [1.165, 1.54) is 6.42 Å². The zero-order valence-corrected chi connectivity index (χ0v) is 10.4. The summed E-state index contributed by atoms with van der Waals surface area (Å²) in [5.41, 5.74) is 0. The summed E-state index contributed by atoms with van der Waals surface area (Å²) >= 11 is 0. The molecule has 3 atom stereocenters. The van der Waals surface area contributed by atoms with Crippen LogP contribution in [-0.2, 0) is 9.53 Å². The molecule has 0 saturated carbocycles. The van der Waals surface area contributed by atoms with Crippen molar-refractivity contribution in [2.45, 2.75) is 56.7 Å². The molecule has 3 aliphatic heterocycles. The maximum absolute atomic E-state index is 12.5. The van der Waals surface area contributed by atoms with E-state index in [-0.39, 0.29) is 12.0 Å². The number of ether oxygens (including phenoxy) is 1. The van der Waals surface area contributed by atoms with Gasteiger partial charge in [0, 0.05) is 25.2 Å². The van der Waals surface area contributed by atoms with Crippen molar-refractivity contribution in [1.82, 2.24) is 10.2 Å². The summed E-state index contributed by atoms with van der Waals surface area (Å²) in [6.45, 7) is 2.78. The molecule has 0 aliphatic carbocycles. The standard InChI is InChI=1S/C13H22N2O2/c16-13(12-3-1-2-8-17-12)15-10-4-5-11(15)9-14-7-6-10/h10-12,14H,1-9H2. The lowest BCUT2D eigenvalue weighted by molar-refractivity contribution is -0.149. The van der Waals surface area contributed by atoms with Crippen molar-refractivity contribution in [2.24, 2.45) is 0 Å². The van der Waals surface area contributed by atoms with Crippen molar-refractivity contribution in [3.05, 3.63) is 0 Å². The molecule has 4 nitrogen and oxygen atoms in total. The first-order valence-corrected chi connectivity index (χ1v) is 7.01. The molecular weight excluding hydrogens is 216 g/mol. The molecule has 3 heterocycles. The van der Waals surface area contributed by atoms with Crippen LogP contribution >= 0.6 is 0 Å². The molecule has 0 aromatic carbocycles. The molecule has 1 amide bonds. The second kappa shape index (κ2) is 4.94. The van der Waals surface area contributed by atoms with E-state index < -0.39 is 0 Å². The van der Waals surface area contributed by atoms with Crippen molar-refractivity contribution in [2.75, 3.05) is 19.7 Å². The Morgan fingerprint density at radius 3 is 2.82 bits per heavy atom. The Hall–Kier alpha value is -0.610. The molecule has 1 N–H and O–H groups in total. The van der Waals surface area contributed by atoms with Crippen LogP contribution in [0.2, 0.25) is 0 Å². The molecule has 4 heteroatoms. The van der Waals surface area contributed by atoms with Crippen LogP contribution in [0.1, 0.15) is 38.5 Å². The van der Waals surface area contributed by atoms with Crippen molar-refractivity contribution in [1.29, 1.82) is 0 Å². The molecule has 0 aromatic rings. The van der Waals surface area contributed by atoms with E-state index in [1.807, 2.05) is 0 Å². The summed E-state index contributed by atoms with van der Waals surface area (Å²) in [4.78, 5) is 14.7. The van der Waals surface area contributed by atoms with Crippen LogP contribution in [0, 0.1) is 0 Å². The Kier molecular flexibility index (Phi) is 3.34. The monoisotopic (exact) mass is 238 g/mol. The third-order valence-corrected chi connectivity index (χ3v) is 4.36. The van der Waals surface area contributed by atoms with Crippen LogP contribution in [0.3, 0.4) is 0 Å². The average molecular weight is 238 g/mol. The summed E-state index contributed by atoms with van der Waals surface area (Å²) in [7, 11) is 0. The van der Waals surface area contributed by atoms with Crippen LogP contribution in [0.5, 0.6) is 0 Å². The zero-order valence-electron chi connectivity index (χ0n) is 10.4. The van der Waals surface area contributed by atoms with Gasteiger partial charge in [-0.3, -0.25) is 4.79 Å². The van der Waals surface area contributed by atoms with Gasteiger partial charge in [-0.2, -0.15) is 0 Å². The third-order valence-electron chi connectivity index (χ3n) is 4.36. The normalized spacial score (nSPS) is 37.9. The van der Waals surface area contributed by atoms with Gasteiger partial charge in [-0.15, -0.1) is 0 Å². The second-order valence-electron chi connectivity index (χ2n) is 5.48. The summed E-state index contributed by atoms with van der Waals surface area (Å²) in [5.74, 6) is 0.265. The highest BCUT2D eigenvalue weighted by Crippen LogP contribution is 2.30. The van der Waals surface area contributed by atoms with Crippen LogP contribution in [0.25, 0.3) is 0 Å². The number of amides is 1. The number of hydrogen-bond acceptors (Lipinski definition) is 3. The van der Waals surface area contributed by atoms with Crippen molar-refractivity contribution >= 4 is 5.91 Å². The predicted molar refractivity (Wildman–Crippen MR) is 64.7 cm³/mol. The van der Waals surface area contributed by atoms with Gasteiger partial charge in [0.25, 0.3) is 5.91 Å². The first-order valence-electron chi connectivity index (χ1n) is 7.01. The molecule has 3 rings (SSSR count). The number of fused-ring (bicyclic) bond motifs is 2. The lowest BCUT2D eigenvalue weighted by Gasteiger charge is -2.33. The Morgan fingerprint density at radius 1 is 1.12 bits per heavy atom. The summed E-state index contributed by atoms with van der Waals surface area (Å²) in [6, 6.07) is 0.883. The van der Waals surface area contributed by atoms with Gasteiger partial charge < -0.3 is 15.0 Å². The maximum atomic E-state index is 12.5. The molecule has 2 bridgehead atoms. The summed E-state index contributed by atoms with van der Waals surface area (Å²) in [5, 5.41) is 3.43. The first kappa shape index (κ1) is 11.5. The van der Waals surface area contributed by atoms with Gasteiger partial charge in [-0.25, -0.2) is 0 Å². The topological polar surface area (TPSA) is 41.6 Å². The predicted octanol–water partition coefficient (Wildman–Crippen LogP) is 0.908. The fourth-order valence-electron chi connectivity index (χ4n) is 3.44. The lowest BCUT2D eigenvalue weighted by atomic mass is 10.1. The average Bonchev–Trinajstić information content (AvgIpc) is 2.63. The summed E-state index contributed by atoms with van der Waals surface area (Å²) in [6.07, 6.45) is 6.47. The molecule has 0 spiro atoms. The van der Waals surface area contributed by atoms with Crippen molar-refractivity contribution in [3.8, 4) is 0 Å². The van der Waals surface area contributed by atoms with E-state index in [9.17, 15) is 4.79 Å². The number of nitrogens with zero attached hydrogens (tertiary/aromatic N) is 1. The van der Waals surface area contributed by atoms with Crippen LogP contribution in [-0.4, -0.2) is 48.7 Å². The molecule has 3 fully saturated rings. The quantitative estimate of drug-likeness (QED) is 0.738. The van der Waals surface area contributed by atoms with Gasteiger partial charge in [0.2, 0.25) is 0 Å². The van der Waals surface area contributed by atoms with Gasteiger partial charge in [0.15, 0.2) is 0 Å². The number of hydrogen-bond donors (Lipinski definition) is 1. The van der Waals surface area contributed by atoms with E-state index in [0.29, 0.717) is 12.1 Å². The van der Waals surface area contributed by atoms with Crippen LogP contribution in [0.4, 0.5) is 0 Å². The SMILES string of the molecule is O=C(C1CCCCO1)N1C2CCNCC1CC2. The molecule has 17 heavy (non-hydrogen) atoms. The minimum atomic E-state index is -0.148. The Bertz CT molecular complexity index is 275. The van der Waals surface area contributed by atoms with E-state index in [0.717, 1.165) is 51.8 Å². The number of rotatable bonds is 1. The Morgan fingerprint density at radius 2 is 2.00 bits per heavy atom. The molecule has 3 saturated heterocycles. The van der Waals surface area contributed by atoms with Crippen molar-refractivity contribution in [3.63, 3.8) is 0 Å². The smallest absolute Gasteiger partial charge is 0.252 e. The molecule has 0 aromatic heterocycles. The van der Waals surface area contributed by atoms with Crippen LogP contribution in [0.15, 0.2) is 0 Å². The van der Waals surface area contributed by atoms with E-state index in [2.05, 4.69) is 10.2 Å². The van der Waals surface area contributed by atoms with Gasteiger partial charge in [0.05, 0.1) is 0 Å². The Labute approximate surface area is 103 Å². The van der Waals surface area contributed by atoms with E-state index in [4.69, 9.17) is 4.74 Å². The van der Waals surface area contributed by atoms with E-state index >= 15 is 0 Å². The second-order valence-corrected chi connectivity index (χ2v) is 5.48. The van der Waals surface area contributed by atoms with Crippen LogP contribution < -0.4 is 5.32 Å². The third kappa shape index (κ3) is 2.20. The Balaban J connectivity index is 1.71. The largest absolute Gasteiger partial charge is 0.368 e. The van der Waals surface area contributed by atoms with Gasteiger partial charge in [0.1, 0.15) is 6.10 Å². The maximum Gasteiger partial charge on any atom is 0.252 e. The van der Waals surface area contributed by atoms with E-state index in [1.54, 1.807) is 0 Å². The van der Waals surface area contributed by atoms with Gasteiger partial charge in [-0.1, -0.05) is 0 Å². The van der Waals surface area contributed by atoms with Gasteiger partial charge >= 0.3 is 0 Å². The lowest BCUT2D eigenvalue weighted by Crippen LogP contribution is -2.48. The fraction of sp³-hybridized carbons (Fsp3) is 0.923. The molecule has 96 valence electrons. The zero-order chi connectivity index (χ0) is 11.7. The fourth-order valence-corrected chi connectivity index (χ4v) is 3.44. The molecular formula is C13H22N2O2.